The van der Waals surface area contributed by atoms with Gasteiger partial charge in [-0.25, -0.2) is 5.43 Å². The molecule has 2 N–H and O–H groups in total. The van der Waals surface area contributed by atoms with Gasteiger partial charge in [-0.05, 0) is 43.5 Å². The summed E-state index contributed by atoms with van der Waals surface area (Å²) >= 11 is 3.59. The molecule has 0 aliphatic carbocycles. The monoisotopic (exact) mass is 404 g/mol. The number of nitrogens with zero attached hydrogens (tertiary/aromatic N) is 2. The standard InChI is InChI=1S/C19H25BrN4O/c1-2-16-10-18(25-23-16)17-7-4-8-24(17)12-14-11-21-22-19(14)13-5-3-6-15(20)9-13/h3,5-6,9-10,14,17,19,21-22H,2,4,7-8,11-12H2,1H3. The van der Waals surface area contributed by atoms with Gasteiger partial charge in [-0.2, -0.15) is 0 Å². The van der Waals surface area contributed by atoms with Crippen molar-refractivity contribution in [1.29, 1.82) is 0 Å². The van der Waals surface area contributed by atoms with Crippen molar-refractivity contribution in [3.8, 4) is 0 Å². The lowest BCUT2D eigenvalue weighted by Gasteiger charge is -2.28. The van der Waals surface area contributed by atoms with Crippen molar-refractivity contribution in [1.82, 2.24) is 20.9 Å². The van der Waals surface area contributed by atoms with Crippen LogP contribution in [-0.2, 0) is 6.42 Å². The summed E-state index contributed by atoms with van der Waals surface area (Å²) < 4.78 is 6.76. The summed E-state index contributed by atoms with van der Waals surface area (Å²) in [5.41, 5.74) is 9.19. The zero-order valence-electron chi connectivity index (χ0n) is 14.5. The van der Waals surface area contributed by atoms with Crippen LogP contribution in [0.25, 0.3) is 0 Å². The first kappa shape index (κ1) is 17.2. The smallest absolute Gasteiger partial charge is 0.154 e. The van der Waals surface area contributed by atoms with Gasteiger partial charge in [0.2, 0.25) is 0 Å². The van der Waals surface area contributed by atoms with Gasteiger partial charge in [0.15, 0.2) is 5.76 Å². The summed E-state index contributed by atoms with van der Waals surface area (Å²) in [7, 11) is 0. The Balaban J connectivity index is 1.48. The third-order valence-electron chi connectivity index (χ3n) is 5.40. The van der Waals surface area contributed by atoms with E-state index < -0.39 is 0 Å². The van der Waals surface area contributed by atoms with Gasteiger partial charge in [-0.15, -0.1) is 0 Å². The molecule has 4 rings (SSSR count). The number of aryl methyl sites for hydroxylation is 1. The van der Waals surface area contributed by atoms with E-state index >= 15 is 0 Å². The van der Waals surface area contributed by atoms with E-state index in [1.165, 1.54) is 12.0 Å². The van der Waals surface area contributed by atoms with Crippen molar-refractivity contribution in [2.45, 2.75) is 38.3 Å². The molecule has 0 bridgehead atoms. The summed E-state index contributed by atoms with van der Waals surface area (Å²) in [6.07, 6.45) is 3.31. The molecule has 2 fully saturated rings. The number of nitrogens with one attached hydrogen (secondary N) is 2. The van der Waals surface area contributed by atoms with Crippen LogP contribution in [0.1, 0.15) is 48.9 Å². The van der Waals surface area contributed by atoms with Gasteiger partial charge >= 0.3 is 0 Å². The third-order valence-corrected chi connectivity index (χ3v) is 5.89. The van der Waals surface area contributed by atoms with E-state index in [0.717, 1.165) is 48.4 Å². The molecule has 2 aliphatic heterocycles. The van der Waals surface area contributed by atoms with Gasteiger partial charge < -0.3 is 4.52 Å². The molecule has 0 spiro atoms. The lowest BCUT2D eigenvalue weighted by atomic mass is 9.94. The van der Waals surface area contributed by atoms with Crippen LogP contribution in [0.3, 0.4) is 0 Å². The normalized spacial score (nSPS) is 27.2. The summed E-state index contributed by atoms with van der Waals surface area (Å²) in [5, 5.41) is 4.19. The molecule has 3 atom stereocenters. The predicted molar refractivity (Wildman–Crippen MR) is 101 cm³/mol. The first-order valence-electron chi connectivity index (χ1n) is 9.18. The van der Waals surface area contributed by atoms with Crippen LogP contribution in [0, 0.1) is 5.92 Å². The van der Waals surface area contributed by atoms with Gasteiger partial charge in [0, 0.05) is 29.5 Å². The molecular weight excluding hydrogens is 380 g/mol. The van der Waals surface area contributed by atoms with Crippen molar-refractivity contribution in [3.05, 3.63) is 51.8 Å². The maximum atomic E-state index is 5.63. The molecule has 3 unspecified atom stereocenters. The van der Waals surface area contributed by atoms with Crippen LogP contribution in [0.4, 0.5) is 0 Å². The highest BCUT2D eigenvalue weighted by Crippen LogP contribution is 2.35. The van der Waals surface area contributed by atoms with E-state index in [1.54, 1.807) is 0 Å². The van der Waals surface area contributed by atoms with Crippen molar-refractivity contribution < 1.29 is 4.52 Å². The first-order chi connectivity index (χ1) is 12.2. The first-order valence-corrected chi connectivity index (χ1v) is 9.97. The molecule has 2 aliphatic rings. The molecule has 2 saturated heterocycles. The van der Waals surface area contributed by atoms with Gasteiger partial charge in [-0.3, -0.25) is 10.3 Å². The molecule has 3 heterocycles. The van der Waals surface area contributed by atoms with Crippen LogP contribution in [-0.4, -0.2) is 29.7 Å². The minimum atomic E-state index is 0.333. The molecular formula is C19H25BrN4O. The second-order valence-electron chi connectivity index (χ2n) is 7.05. The Hall–Kier alpha value is -1.21. The maximum absolute atomic E-state index is 5.63. The summed E-state index contributed by atoms with van der Waals surface area (Å²) in [6, 6.07) is 11.4. The Morgan fingerprint density at radius 2 is 2.28 bits per heavy atom. The van der Waals surface area contributed by atoms with E-state index in [2.05, 4.69) is 74.1 Å². The molecule has 1 aromatic carbocycles. The van der Waals surface area contributed by atoms with Crippen LogP contribution >= 0.6 is 15.9 Å². The average Bonchev–Trinajstić information content (AvgIpc) is 3.35. The highest BCUT2D eigenvalue weighted by atomic mass is 79.9. The molecule has 0 radical (unpaired) electrons. The number of hydrazine groups is 1. The molecule has 5 nitrogen and oxygen atoms in total. The SMILES string of the molecule is CCc1cc(C2CCCN2CC2CNNC2c2cccc(Br)c2)on1. The zero-order valence-corrected chi connectivity index (χ0v) is 16.1. The fourth-order valence-corrected chi connectivity index (χ4v) is 4.50. The molecule has 6 heteroatoms. The number of rotatable bonds is 5. The van der Waals surface area contributed by atoms with Gasteiger partial charge in [0.25, 0.3) is 0 Å². The van der Waals surface area contributed by atoms with E-state index in [4.69, 9.17) is 4.52 Å². The van der Waals surface area contributed by atoms with Gasteiger partial charge in [0.05, 0.1) is 17.8 Å². The molecule has 1 aromatic heterocycles. The average molecular weight is 405 g/mol. The number of hydrogen-bond donors (Lipinski definition) is 2. The lowest BCUT2D eigenvalue weighted by Crippen LogP contribution is -2.32. The van der Waals surface area contributed by atoms with Crippen LogP contribution in [0.5, 0.6) is 0 Å². The third kappa shape index (κ3) is 3.67. The molecule has 2 aromatic rings. The van der Waals surface area contributed by atoms with E-state index in [0.29, 0.717) is 18.0 Å². The number of hydrogen-bond acceptors (Lipinski definition) is 5. The summed E-state index contributed by atoms with van der Waals surface area (Å²) in [5.74, 6) is 1.57. The molecule has 0 saturated carbocycles. The van der Waals surface area contributed by atoms with Gasteiger partial charge in [0.1, 0.15) is 0 Å². The second kappa shape index (κ2) is 7.58. The predicted octanol–water partition coefficient (Wildman–Crippen LogP) is 3.60. The maximum Gasteiger partial charge on any atom is 0.154 e. The Morgan fingerprint density at radius 1 is 1.36 bits per heavy atom. The largest absolute Gasteiger partial charge is 0.359 e. The molecule has 25 heavy (non-hydrogen) atoms. The highest BCUT2D eigenvalue weighted by molar-refractivity contribution is 9.10. The minimum Gasteiger partial charge on any atom is -0.359 e. The Morgan fingerprint density at radius 3 is 3.08 bits per heavy atom. The van der Waals surface area contributed by atoms with Crippen LogP contribution in [0.2, 0.25) is 0 Å². The van der Waals surface area contributed by atoms with E-state index in [9.17, 15) is 0 Å². The van der Waals surface area contributed by atoms with E-state index in [-0.39, 0.29) is 0 Å². The second-order valence-corrected chi connectivity index (χ2v) is 7.96. The van der Waals surface area contributed by atoms with Crippen molar-refractivity contribution in [3.63, 3.8) is 0 Å². The zero-order chi connectivity index (χ0) is 17.2. The number of benzene rings is 1. The quantitative estimate of drug-likeness (QED) is 0.796. The Kier molecular flexibility index (Phi) is 5.22. The Labute approximate surface area is 157 Å². The van der Waals surface area contributed by atoms with Crippen LogP contribution in [0.15, 0.2) is 39.3 Å². The topological polar surface area (TPSA) is 53.3 Å². The van der Waals surface area contributed by atoms with Crippen molar-refractivity contribution >= 4 is 15.9 Å². The minimum absolute atomic E-state index is 0.333. The Bertz CT molecular complexity index is 719. The number of likely N-dealkylation sites (tertiary alicyclic amines) is 1. The molecule has 0 amide bonds. The summed E-state index contributed by atoms with van der Waals surface area (Å²) in [6.45, 7) is 5.29. The fraction of sp³-hybridized carbons (Fsp3) is 0.526. The molecule has 134 valence electrons. The van der Waals surface area contributed by atoms with Crippen molar-refractivity contribution in [2.75, 3.05) is 19.6 Å². The fourth-order valence-electron chi connectivity index (χ4n) is 4.08. The summed E-state index contributed by atoms with van der Waals surface area (Å²) in [4.78, 5) is 2.57. The number of aromatic nitrogens is 1. The highest BCUT2D eigenvalue weighted by Gasteiger charge is 2.35. The lowest BCUT2D eigenvalue weighted by molar-refractivity contribution is 0.182. The van der Waals surface area contributed by atoms with E-state index in [1.807, 2.05) is 0 Å². The van der Waals surface area contributed by atoms with Crippen LogP contribution < -0.4 is 10.9 Å². The number of halogens is 1. The van der Waals surface area contributed by atoms with Gasteiger partial charge in [-0.1, -0.05) is 40.1 Å². The van der Waals surface area contributed by atoms with Crippen molar-refractivity contribution in [2.24, 2.45) is 5.92 Å².